The lowest BCUT2D eigenvalue weighted by Crippen LogP contribution is -2.23. The summed E-state index contributed by atoms with van der Waals surface area (Å²) in [6.07, 6.45) is 3.14. The summed E-state index contributed by atoms with van der Waals surface area (Å²) in [5.74, 6) is -0.205. The lowest BCUT2D eigenvalue weighted by atomic mass is 10.2. The van der Waals surface area contributed by atoms with Crippen LogP contribution in [0.2, 0.25) is 0 Å². The molecule has 2 heterocycles. The maximum absolute atomic E-state index is 12.3. The molecule has 124 valence electrons. The van der Waals surface area contributed by atoms with Crippen LogP contribution < -0.4 is 10.9 Å². The predicted octanol–water partition coefficient (Wildman–Crippen LogP) is 1.63. The summed E-state index contributed by atoms with van der Waals surface area (Å²) in [6.45, 7) is 1.54. The summed E-state index contributed by atoms with van der Waals surface area (Å²) in [4.78, 5) is 38.7. The van der Waals surface area contributed by atoms with Crippen LogP contribution >= 0.6 is 0 Å². The van der Waals surface area contributed by atoms with Gasteiger partial charge in [-0.05, 0) is 25.1 Å². The van der Waals surface area contributed by atoms with Gasteiger partial charge in [0.05, 0.1) is 17.4 Å². The van der Waals surface area contributed by atoms with Gasteiger partial charge in [0.1, 0.15) is 6.04 Å². The fourth-order valence-electron chi connectivity index (χ4n) is 2.18. The Balaban J connectivity index is 0.000000647. The van der Waals surface area contributed by atoms with Crippen LogP contribution in [0.25, 0.3) is 11.0 Å². The summed E-state index contributed by atoms with van der Waals surface area (Å²) < 4.78 is 1.80. The number of nitrogens with one attached hydrogen (secondary N) is 2. The Morgan fingerprint density at radius 3 is 2.79 bits per heavy atom. The Bertz CT molecular complexity index is 900. The van der Waals surface area contributed by atoms with Crippen LogP contribution in [-0.2, 0) is 9.59 Å². The number of rotatable bonds is 3. The molecule has 0 radical (unpaired) electrons. The average Bonchev–Trinajstić information content (AvgIpc) is 2.99. The number of pyridine rings is 1. The number of H-pyrrole nitrogens is 1. The molecule has 0 aliphatic carbocycles. The third-order valence-electron chi connectivity index (χ3n) is 3.32. The van der Waals surface area contributed by atoms with E-state index in [1.807, 2.05) is 24.3 Å². The van der Waals surface area contributed by atoms with Crippen molar-refractivity contribution in [2.24, 2.45) is 0 Å². The van der Waals surface area contributed by atoms with Crippen molar-refractivity contribution in [1.82, 2.24) is 14.5 Å². The van der Waals surface area contributed by atoms with Gasteiger partial charge >= 0.3 is 0 Å². The number of fused-ring (bicyclic) bond motifs is 1. The third kappa shape index (κ3) is 3.86. The molecule has 1 aromatic carbocycles. The van der Waals surface area contributed by atoms with E-state index in [2.05, 4.69) is 15.3 Å². The summed E-state index contributed by atoms with van der Waals surface area (Å²) in [5, 5.41) is 9.62. The molecule has 3 rings (SSSR count). The normalized spacial score (nSPS) is 11.2. The number of aromatic amines is 1. The zero-order valence-corrected chi connectivity index (χ0v) is 12.8. The first-order chi connectivity index (χ1) is 11.6. The van der Waals surface area contributed by atoms with Gasteiger partial charge in [0.2, 0.25) is 11.5 Å². The Hall–Kier alpha value is -3.42. The van der Waals surface area contributed by atoms with Gasteiger partial charge in [-0.15, -0.1) is 0 Å². The van der Waals surface area contributed by atoms with Crippen LogP contribution in [-0.4, -0.2) is 32.0 Å². The minimum atomic E-state index is -0.434. The molecule has 1 amide bonds. The summed E-state index contributed by atoms with van der Waals surface area (Å²) in [7, 11) is 0. The topological polar surface area (TPSA) is 117 Å². The Morgan fingerprint density at radius 2 is 2.08 bits per heavy atom. The molecular weight excluding hydrogens is 312 g/mol. The van der Waals surface area contributed by atoms with Crippen molar-refractivity contribution < 1.29 is 14.7 Å². The number of amides is 1. The van der Waals surface area contributed by atoms with E-state index in [-0.39, 0.29) is 17.9 Å². The molecule has 0 aliphatic heterocycles. The number of imidazole rings is 1. The van der Waals surface area contributed by atoms with Crippen molar-refractivity contribution in [1.29, 1.82) is 0 Å². The quantitative estimate of drug-likeness (QED) is 0.632. The molecule has 0 saturated carbocycles. The number of carbonyl (C=O) groups excluding carboxylic acids is 1. The first-order valence-electron chi connectivity index (χ1n) is 7.06. The van der Waals surface area contributed by atoms with E-state index in [0.29, 0.717) is 5.69 Å². The fraction of sp³-hybridized carbons (Fsp3) is 0.125. The van der Waals surface area contributed by atoms with E-state index in [1.54, 1.807) is 23.9 Å². The maximum atomic E-state index is 12.3. The van der Waals surface area contributed by atoms with Crippen LogP contribution in [0.1, 0.15) is 13.0 Å². The molecule has 3 aromatic rings. The molecule has 0 aliphatic rings. The molecule has 1 unspecified atom stereocenters. The molecule has 0 saturated heterocycles. The van der Waals surface area contributed by atoms with Gasteiger partial charge in [-0.3, -0.25) is 14.4 Å². The van der Waals surface area contributed by atoms with Crippen molar-refractivity contribution in [2.45, 2.75) is 13.0 Å². The maximum Gasteiger partial charge on any atom is 0.290 e. The number of nitrogens with zero attached hydrogens (tertiary/aromatic N) is 2. The van der Waals surface area contributed by atoms with Gasteiger partial charge in [-0.25, -0.2) is 4.98 Å². The third-order valence-corrected chi connectivity index (χ3v) is 3.32. The van der Waals surface area contributed by atoms with Gasteiger partial charge in [0.25, 0.3) is 6.47 Å². The number of para-hydroxylation sites is 2. The van der Waals surface area contributed by atoms with Crippen LogP contribution in [0.3, 0.4) is 0 Å². The van der Waals surface area contributed by atoms with Gasteiger partial charge < -0.3 is 20.0 Å². The number of carbonyl (C=O) groups is 2. The molecule has 0 bridgehead atoms. The van der Waals surface area contributed by atoms with E-state index >= 15 is 0 Å². The highest BCUT2D eigenvalue weighted by molar-refractivity contribution is 5.94. The van der Waals surface area contributed by atoms with E-state index < -0.39 is 6.04 Å². The standard InChI is InChI=1S/C15H14N4O2.CH2O2/c1-10(15(21)18-11-6-7-16-14(20)8-11)19-9-17-12-4-2-3-5-13(12)19;2-1-3/h2-10H,1H3,(H2,16,18,20,21);1H,(H,2,3). The van der Waals surface area contributed by atoms with Gasteiger partial charge in [0, 0.05) is 18.0 Å². The molecule has 8 heteroatoms. The zero-order valence-electron chi connectivity index (χ0n) is 12.8. The van der Waals surface area contributed by atoms with Crippen molar-refractivity contribution in [3.63, 3.8) is 0 Å². The zero-order chi connectivity index (χ0) is 17.5. The molecule has 8 nitrogen and oxygen atoms in total. The minimum Gasteiger partial charge on any atom is -0.483 e. The number of hydrogen-bond donors (Lipinski definition) is 3. The lowest BCUT2D eigenvalue weighted by molar-refractivity contribution is -0.123. The largest absolute Gasteiger partial charge is 0.483 e. The molecule has 24 heavy (non-hydrogen) atoms. The van der Waals surface area contributed by atoms with Crippen LogP contribution in [0.4, 0.5) is 5.69 Å². The number of aromatic nitrogens is 3. The van der Waals surface area contributed by atoms with Gasteiger partial charge in [-0.2, -0.15) is 0 Å². The van der Waals surface area contributed by atoms with Crippen LogP contribution in [0, 0.1) is 0 Å². The van der Waals surface area contributed by atoms with Crippen molar-refractivity contribution in [3.8, 4) is 0 Å². The average molecular weight is 328 g/mol. The second kappa shape index (κ2) is 7.73. The SMILES string of the molecule is CC(C(=O)Nc1cc[nH]c(=O)c1)n1cnc2ccccc21.O=CO. The van der Waals surface area contributed by atoms with Crippen LogP contribution in [0.15, 0.2) is 53.7 Å². The first kappa shape index (κ1) is 16.9. The first-order valence-corrected chi connectivity index (χ1v) is 7.06. The second-order valence-electron chi connectivity index (χ2n) is 4.85. The van der Waals surface area contributed by atoms with Crippen molar-refractivity contribution in [2.75, 3.05) is 5.32 Å². The lowest BCUT2D eigenvalue weighted by Gasteiger charge is -2.14. The highest BCUT2D eigenvalue weighted by atomic mass is 16.3. The molecule has 0 spiro atoms. The number of hydrogen-bond acceptors (Lipinski definition) is 4. The molecule has 1 atom stereocenters. The number of benzene rings is 1. The van der Waals surface area contributed by atoms with E-state index in [0.717, 1.165) is 11.0 Å². The molecular formula is C16H16N4O4. The summed E-state index contributed by atoms with van der Waals surface area (Å²) >= 11 is 0. The predicted molar refractivity (Wildman–Crippen MR) is 88.8 cm³/mol. The monoisotopic (exact) mass is 328 g/mol. The van der Waals surface area contributed by atoms with Gasteiger partial charge in [0.15, 0.2) is 0 Å². The van der Waals surface area contributed by atoms with Crippen molar-refractivity contribution in [3.05, 3.63) is 59.3 Å². The summed E-state index contributed by atoms with van der Waals surface area (Å²) in [6, 6.07) is 10.2. The second-order valence-corrected chi connectivity index (χ2v) is 4.85. The molecule has 3 N–H and O–H groups in total. The Labute approximate surface area is 136 Å². The van der Waals surface area contributed by atoms with Gasteiger partial charge in [-0.1, -0.05) is 12.1 Å². The highest BCUT2D eigenvalue weighted by Crippen LogP contribution is 2.18. The minimum absolute atomic E-state index is 0.205. The summed E-state index contributed by atoms with van der Waals surface area (Å²) in [5.41, 5.74) is 1.95. The smallest absolute Gasteiger partial charge is 0.290 e. The number of anilines is 1. The van der Waals surface area contributed by atoms with E-state index in [9.17, 15) is 9.59 Å². The van der Waals surface area contributed by atoms with Crippen molar-refractivity contribution >= 4 is 29.1 Å². The van der Waals surface area contributed by atoms with Crippen LogP contribution in [0.5, 0.6) is 0 Å². The molecule has 2 aromatic heterocycles. The van der Waals surface area contributed by atoms with E-state index in [1.165, 1.54) is 12.3 Å². The van der Waals surface area contributed by atoms with E-state index in [4.69, 9.17) is 9.90 Å². The Kier molecular flexibility index (Phi) is 5.45. The molecule has 0 fully saturated rings. The highest BCUT2D eigenvalue weighted by Gasteiger charge is 2.17. The Morgan fingerprint density at radius 1 is 1.38 bits per heavy atom. The number of carboxylic acid groups (broad SMARTS) is 1. The fourth-order valence-corrected chi connectivity index (χ4v) is 2.18.